The Hall–Kier alpha value is -2.90. The van der Waals surface area contributed by atoms with Crippen molar-refractivity contribution >= 4 is 23.6 Å². The Morgan fingerprint density at radius 2 is 1.84 bits per heavy atom. The first-order chi connectivity index (χ1) is 15.7. The molecule has 0 radical (unpaired) electrons. The molecule has 2 aliphatic carbocycles. The first-order valence-electron chi connectivity index (χ1n) is 11.9. The van der Waals surface area contributed by atoms with Gasteiger partial charge in [0.25, 0.3) is 0 Å². The molecule has 4 unspecified atom stereocenters. The second-order valence-corrected chi connectivity index (χ2v) is 9.17. The molecule has 2 aliphatic heterocycles. The second-order valence-electron chi connectivity index (χ2n) is 9.17. The Labute approximate surface area is 189 Å². The van der Waals surface area contributed by atoms with Gasteiger partial charge in [0, 0.05) is 38.9 Å². The highest BCUT2D eigenvalue weighted by Gasteiger charge is 2.58. The lowest BCUT2D eigenvalue weighted by molar-refractivity contribution is -0.140. The van der Waals surface area contributed by atoms with Gasteiger partial charge < -0.3 is 15.5 Å². The third-order valence-electron chi connectivity index (χ3n) is 7.19. The summed E-state index contributed by atoms with van der Waals surface area (Å²) >= 11 is 0. The third-order valence-corrected chi connectivity index (χ3v) is 7.19. The molecule has 3 fully saturated rings. The number of imide groups is 1. The predicted molar refractivity (Wildman–Crippen MR) is 123 cm³/mol. The Balaban J connectivity index is 1.17. The zero-order valence-corrected chi connectivity index (χ0v) is 18.7. The Morgan fingerprint density at radius 1 is 1.12 bits per heavy atom. The SMILES string of the molecule is CCNC(=NCc1ccnc(N2CCCC2)c1)NCCN1C(=O)C2C3C=CC(C3)C2C1=O. The number of amides is 2. The molecule has 4 aliphatic rings. The van der Waals surface area contributed by atoms with Crippen LogP contribution in [-0.2, 0) is 16.1 Å². The molecule has 8 nitrogen and oxygen atoms in total. The van der Waals surface area contributed by atoms with Gasteiger partial charge in [-0.15, -0.1) is 0 Å². The molecule has 170 valence electrons. The number of nitrogens with one attached hydrogen (secondary N) is 2. The molecule has 3 heterocycles. The van der Waals surface area contributed by atoms with Crippen LogP contribution in [0.3, 0.4) is 0 Å². The molecule has 1 saturated carbocycles. The van der Waals surface area contributed by atoms with Gasteiger partial charge in [-0.2, -0.15) is 0 Å². The highest BCUT2D eigenvalue weighted by atomic mass is 16.2. The third kappa shape index (κ3) is 3.87. The molecule has 1 aromatic heterocycles. The lowest BCUT2D eigenvalue weighted by atomic mass is 9.85. The van der Waals surface area contributed by atoms with E-state index in [-0.39, 0.29) is 35.5 Å². The molecule has 0 spiro atoms. The minimum absolute atomic E-state index is 0.00631. The molecular formula is C24H32N6O2. The lowest BCUT2D eigenvalue weighted by Crippen LogP contribution is -2.43. The molecule has 2 N–H and O–H groups in total. The quantitative estimate of drug-likeness (QED) is 0.292. The zero-order chi connectivity index (χ0) is 22.1. The standard InChI is InChI=1S/C24H32N6O2/c1-2-25-24(28-15-16-7-8-26-19(13-16)29-10-3-4-11-29)27-9-12-30-22(31)20-17-5-6-18(14-17)21(20)23(30)32/h5-8,13,17-18,20-21H,2-4,9-12,14-15H2,1H3,(H2,25,27,28). The molecule has 1 aromatic rings. The summed E-state index contributed by atoms with van der Waals surface area (Å²) in [7, 11) is 0. The summed E-state index contributed by atoms with van der Waals surface area (Å²) in [5, 5.41) is 6.53. The Bertz CT molecular complexity index is 908. The van der Waals surface area contributed by atoms with Crippen LogP contribution >= 0.6 is 0 Å². The first kappa shape index (κ1) is 21.0. The van der Waals surface area contributed by atoms with Crippen LogP contribution in [0.2, 0.25) is 0 Å². The van der Waals surface area contributed by atoms with E-state index in [0.717, 1.165) is 37.4 Å². The molecule has 5 rings (SSSR count). The maximum absolute atomic E-state index is 12.8. The van der Waals surface area contributed by atoms with Crippen LogP contribution in [0.4, 0.5) is 5.82 Å². The molecule has 2 amide bonds. The average Bonchev–Trinajstić information content (AvgIpc) is 3.59. The number of carbonyl (C=O) groups is 2. The number of anilines is 1. The predicted octanol–water partition coefficient (Wildman–Crippen LogP) is 1.54. The average molecular weight is 437 g/mol. The van der Waals surface area contributed by atoms with Crippen molar-refractivity contribution in [3.05, 3.63) is 36.0 Å². The highest BCUT2D eigenvalue weighted by molar-refractivity contribution is 6.06. The van der Waals surface area contributed by atoms with Gasteiger partial charge >= 0.3 is 0 Å². The van der Waals surface area contributed by atoms with Crippen molar-refractivity contribution in [3.63, 3.8) is 0 Å². The van der Waals surface area contributed by atoms with Crippen LogP contribution in [0.25, 0.3) is 0 Å². The van der Waals surface area contributed by atoms with Crippen LogP contribution in [0.5, 0.6) is 0 Å². The molecule has 32 heavy (non-hydrogen) atoms. The van der Waals surface area contributed by atoms with Crippen molar-refractivity contribution in [2.24, 2.45) is 28.7 Å². The lowest BCUT2D eigenvalue weighted by Gasteiger charge is -2.19. The van der Waals surface area contributed by atoms with Crippen molar-refractivity contribution < 1.29 is 9.59 Å². The monoisotopic (exact) mass is 436 g/mol. The molecule has 2 saturated heterocycles. The summed E-state index contributed by atoms with van der Waals surface area (Å²) in [5.74, 6) is 1.97. The van der Waals surface area contributed by atoms with Crippen LogP contribution in [0, 0.1) is 23.7 Å². The van der Waals surface area contributed by atoms with E-state index >= 15 is 0 Å². The minimum atomic E-state index is -0.129. The number of nitrogens with zero attached hydrogens (tertiary/aromatic N) is 4. The van der Waals surface area contributed by atoms with Gasteiger partial charge in [0.1, 0.15) is 5.82 Å². The summed E-state index contributed by atoms with van der Waals surface area (Å²) in [5.41, 5.74) is 1.11. The largest absolute Gasteiger partial charge is 0.357 e. The van der Waals surface area contributed by atoms with Gasteiger partial charge in [-0.25, -0.2) is 9.98 Å². The fourth-order valence-electron chi connectivity index (χ4n) is 5.66. The van der Waals surface area contributed by atoms with E-state index in [4.69, 9.17) is 4.99 Å². The number of fused-ring (bicyclic) bond motifs is 5. The number of likely N-dealkylation sites (tertiary alicyclic amines) is 1. The van der Waals surface area contributed by atoms with Crippen LogP contribution in [0.15, 0.2) is 35.5 Å². The highest BCUT2D eigenvalue weighted by Crippen LogP contribution is 2.52. The minimum Gasteiger partial charge on any atom is -0.357 e. The number of pyridine rings is 1. The van der Waals surface area contributed by atoms with Gasteiger partial charge in [-0.1, -0.05) is 12.2 Å². The second kappa shape index (κ2) is 8.92. The van der Waals surface area contributed by atoms with E-state index < -0.39 is 0 Å². The number of allylic oxidation sites excluding steroid dienone is 2. The topological polar surface area (TPSA) is 89.9 Å². The summed E-state index contributed by atoms with van der Waals surface area (Å²) in [6.45, 7) is 6.30. The zero-order valence-electron chi connectivity index (χ0n) is 18.7. The van der Waals surface area contributed by atoms with Gasteiger partial charge in [0.15, 0.2) is 5.96 Å². The molecule has 8 heteroatoms. The maximum atomic E-state index is 12.8. The Morgan fingerprint density at radius 3 is 2.53 bits per heavy atom. The number of guanidine groups is 1. The number of carbonyl (C=O) groups excluding carboxylic acids is 2. The molecular weight excluding hydrogens is 404 g/mol. The number of rotatable bonds is 7. The van der Waals surface area contributed by atoms with E-state index in [1.54, 1.807) is 0 Å². The molecule has 4 atom stereocenters. The van der Waals surface area contributed by atoms with Crippen molar-refractivity contribution in [2.45, 2.75) is 32.7 Å². The van der Waals surface area contributed by atoms with Crippen molar-refractivity contribution in [1.82, 2.24) is 20.5 Å². The molecule has 2 bridgehead atoms. The summed E-state index contributed by atoms with van der Waals surface area (Å²) < 4.78 is 0. The van der Waals surface area contributed by atoms with Crippen LogP contribution in [-0.4, -0.2) is 60.4 Å². The smallest absolute Gasteiger partial charge is 0.233 e. The van der Waals surface area contributed by atoms with Gasteiger partial charge in [-0.3, -0.25) is 14.5 Å². The first-order valence-corrected chi connectivity index (χ1v) is 11.9. The van der Waals surface area contributed by atoms with E-state index in [1.165, 1.54) is 17.7 Å². The van der Waals surface area contributed by atoms with Crippen molar-refractivity contribution in [2.75, 3.05) is 37.6 Å². The maximum Gasteiger partial charge on any atom is 0.233 e. The van der Waals surface area contributed by atoms with Gasteiger partial charge in [-0.05, 0) is 55.7 Å². The normalized spacial score (nSPS) is 28.7. The fourth-order valence-corrected chi connectivity index (χ4v) is 5.66. The number of aliphatic imine (C=N–C) groups is 1. The summed E-state index contributed by atoms with van der Waals surface area (Å²) in [4.78, 5) is 38.6. The summed E-state index contributed by atoms with van der Waals surface area (Å²) in [6.07, 6.45) is 9.51. The van der Waals surface area contributed by atoms with Gasteiger partial charge in [0.05, 0.1) is 18.4 Å². The van der Waals surface area contributed by atoms with E-state index in [0.29, 0.717) is 25.6 Å². The molecule has 0 aromatic carbocycles. The van der Waals surface area contributed by atoms with Crippen molar-refractivity contribution in [1.29, 1.82) is 0 Å². The van der Waals surface area contributed by atoms with E-state index in [2.05, 4.69) is 38.7 Å². The van der Waals surface area contributed by atoms with Crippen molar-refractivity contribution in [3.8, 4) is 0 Å². The summed E-state index contributed by atoms with van der Waals surface area (Å²) in [6, 6.07) is 4.11. The fraction of sp³-hybridized carbons (Fsp3) is 0.583. The number of aromatic nitrogens is 1. The van der Waals surface area contributed by atoms with E-state index in [1.807, 2.05) is 19.2 Å². The number of hydrogen-bond acceptors (Lipinski definition) is 5. The van der Waals surface area contributed by atoms with Crippen LogP contribution < -0.4 is 15.5 Å². The van der Waals surface area contributed by atoms with Crippen LogP contribution in [0.1, 0.15) is 31.7 Å². The van der Waals surface area contributed by atoms with E-state index in [9.17, 15) is 9.59 Å². The number of hydrogen-bond donors (Lipinski definition) is 2. The van der Waals surface area contributed by atoms with Gasteiger partial charge in [0.2, 0.25) is 11.8 Å². The Kier molecular flexibility index (Phi) is 5.85.